The Labute approximate surface area is 142 Å². The number of fused-ring (bicyclic) bond motifs is 1. The van der Waals surface area contributed by atoms with E-state index in [9.17, 15) is 4.39 Å². The number of aromatic nitrogens is 1. The van der Waals surface area contributed by atoms with Crippen LogP contribution >= 0.6 is 15.9 Å². The van der Waals surface area contributed by atoms with Crippen molar-refractivity contribution in [1.29, 1.82) is 0 Å². The van der Waals surface area contributed by atoms with Crippen LogP contribution in [0.15, 0.2) is 83.5 Å². The van der Waals surface area contributed by atoms with Crippen LogP contribution in [0, 0.1) is 5.82 Å². The zero-order valence-electron chi connectivity index (χ0n) is 12.2. The zero-order valence-corrected chi connectivity index (χ0v) is 13.8. The highest BCUT2D eigenvalue weighted by atomic mass is 79.9. The first-order chi connectivity index (χ1) is 11.2. The van der Waals surface area contributed by atoms with Gasteiger partial charge in [-0.1, -0.05) is 40.2 Å². The van der Waals surface area contributed by atoms with E-state index in [4.69, 9.17) is 0 Å². The van der Waals surface area contributed by atoms with Gasteiger partial charge in [0.2, 0.25) is 0 Å². The van der Waals surface area contributed by atoms with Gasteiger partial charge in [0.1, 0.15) is 5.82 Å². The van der Waals surface area contributed by atoms with Gasteiger partial charge in [-0.25, -0.2) is 4.39 Å². The molecule has 3 heteroatoms. The molecule has 0 N–H and O–H groups in total. The Morgan fingerprint density at radius 2 is 1.39 bits per heavy atom. The van der Waals surface area contributed by atoms with Crippen LogP contribution in [-0.2, 0) is 0 Å². The van der Waals surface area contributed by atoms with Crippen molar-refractivity contribution in [3.63, 3.8) is 0 Å². The van der Waals surface area contributed by atoms with Crippen molar-refractivity contribution in [2.24, 2.45) is 0 Å². The quantitative estimate of drug-likeness (QED) is 0.398. The van der Waals surface area contributed by atoms with Gasteiger partial charge in [-0.05, 0) is 59.7 Å². The Bertz CT molecular complexity index is 969. The van der Waals surface area contributed by atoms with E-state index in [0.717, 1.165) is 21.1 Å². The molecule has 0 spiro atoms. The largest absolute Gasteiger partial charge is 0.317 e. The fraction of sp³-hybridized carbons (Fsp3) is 0. The first kappa shape index (κ1) is 14.2. The fourth-order valence-electron chi connectivity index (χ4n) is 2.80. The second kappa shape index (κ2) is 5.67. The topological polar surface area (TPSA) is 4.93 Å². The van der Waals surface area contributed by atoms with Crippen molar-refractivity contribution >= 4 is 26.8 Å². The second-order valence-electron chi connectivity index (χ2n) is 5.44. The monoisotopic (exact) mass is 365 g/mol. The van der Waals surface area contributed by atoms with Gasteiger partial charge >= 0.3 is 0 Å². The van der Waals surface area contributed by atoms with E-state index in [1.54, 1.807) is 6.07 Å². The number of benzene rings is 3. The molecule has 0 radical (unpaired) electrons. The lowest BCUT2D eigenvalue weighted by atomic mass is 10.1. The molecule has 0 aliphatic carbocycles. The van der Waals surface area contributed by atoms with Crippen molar-refractivity contribution in [3.8, 4) is 16.8 Å². The standard InChI is InChI=1S/C20H13BrFN/c21-17-5-1-14(2-6-17)15-3-8-19(9-4-15)23-12-11-16-13-18(22)7-10-20(16)23/h1-13H. The molecule has 23 heavy (non-hydrogen) atoms. The lowest BCUT2D eigenvalue weighted by Crippen LogP contribution is -1.91. The smallest absolute Gasteiger partial charge is 0.123 e. The molecule has 0 atom stereocenters. The van der Waals surface area contributed by atoms with Gasteiger partial charge in [-0.15, -0.1) is 0 Å². The summed E-state index contributed by atoms with van der Waals surface area (Å²) in [6, 6.07) is 23.4. The Morgan fingerprint density at radius 3 is 2.09 bits per heavy atom. The highest BCUT2D eigenvalue weighted by Crippen LogP contribution is 2.25. The van der Waals surface area contributed by atoms with Crippen molar-refractivity contribution < 1.29 is 4.39 Å². The molecule has 0 saturated carbocycles. The minimum Gasteiger partial charge on any atom is -0.317 e. The lowest BCUT2D eigenvalue weighted by Gasteiger charge is -2.08. The number of halogens is 2. The van der Waals surface area contributed by atoms with E-state index < -0.39 is 0 Å². The number of rotatable bonds is 2. The van der Waals surface area contributed by atoms with E-state index in [1.165, 1.54) is 17.2 Å². The molecular weight excluding hydrogens is 353 g/mol. The Morgan fingerprint density at radius 1 is 0.739 bits per heavy atom. The van der Waals surface area contributed by atoms with Crippen LogP contribution in [0.4, 0.5) is 4.39 Å². The lowest BCUT2D eigenvalue weighted by molar-refractivity contribution is 0.629. The van der Waals surface area contributed by atoms with Crippen molar-refractivity contribution in [3.05, 3.63) is 89.3 Å². The first-order valence-electron chi connectivity index (χ1n) is 7.34. The third kappa shape index (κ3) is 2.68. The zero-order chi connectivity index (χ0) is 15.8. The Kier molecular flexibility index (Phi) is 3.50. The summed E-state index contributed by atoms with van der Waals surface area (Å²) >= 11 is 3.45. The summed E-state index contributed by atoms with van der Waals surface area (Å²) in [5.74, 6) is -0.208. The van der Waals surface area contributed by atoms with E-state index in [-0.39, 0.29) is 5.82 Å². The van der Waals surface area contributed by atoms with Gasteiger partial charge in [-0.2, -0.15) is 0 Å². The van der Waals surface area contributed by atoms with Crippen LogP contribution in [0.3, 0.4) is 0 Å². The number of nitrogens with zero attached hydrogens (tertiary/aromatic N) is 1. The summed E-state index contributed by atoms with van der Waals surface area (Å²) in [5, 5.41) is 0.905. The molecule has 3 aromatic carbocycles. The molecular formula is C20H13BrFN. The first-order valence-corrected chi connectivity index (χ1v) is 8.13. The predicted octanol–water partition coefficient (Wildman–Crippen LogP) is 6.20. The van der Waals surface area contributed by atoms with Crippen molar-refractivity contribution in [1.82, 2.24) is 4.57 Å². The average Bonchev–Trinajstić information content (AvgIpc) is 2.99. The summed E-state index contributed by atoms with van der Waals surface area (Å²) in [7, 11) is 0. The molecule has 112 valence electrons. The van der Waals surface area contributed by atoms with Crippen LogP contribution in [0.25, 0.3) is 27.7 Å². The van der Waals surface area contributed by atoms with E-state index in [2.05, 4.69) is 56.9 Å². The molecule has 1 aromatic heterocycles. The molecule has 1 nitrogen and oxygen atoms in total. The van der Waals surface area contributed by atoms with Crippen LogP contribution in [0.2, 0.25) is 0 Å². The maximum atomic E-state index is 13.3. The van der Waals surface area contributed by atoms with E-state index in [0.29, 0.717) is 0 Å². The van der Waals surface area contributed by atoms with Crippen LogP contribution in [0.5, 0.6) is 0 Å². The third-order valence-electron chi connectivity index (χ3n) is 3.98. The molecule has 1 heterocycles. The van der Waals surface area contributed by atoms with Gasteiger partial charge < -0.3 is 4.57 Å². The molecule has 0 amide bonds. The summed E-state index contributed by atoms with van der Waals surface area (Å²) in [4.78, 5) is 0. The molecule has 4 aromatic rings. The fourth-order valence-corrected chi connectivity index (χ4v) is 3.06. The average molecular weight is 366 g/mol. The molecule has 0 bridgehead atoms. The number of hydrogen-bond acceptors (Lipinski definition) is 0. The molecule has 4 rings (SSSR count). The molecule has 0 aliphatic rings. The van der Waals surface area contributed by atoms with E-state index in [1.807, 2.05) is 30.5 Å². The van der Waals surface area contributed by atoms with Gasteiger partial charge in [0, 0.05) is 21.7 Å². The van der Waals surface area contributed by atoms with Gasteiger partial charge in [-0.3, -0.25) is 0 Å². The summed E-state index contributed by atoms with van der Waals surface area (Å²) in [6.07, 6.45) is 1.97. The third-order valence-corrected chi connectivity index (χ3v) is 4.50. The van der Waals surface area contributed by atoms with Crippen molar-refractivity contribution in [2.75, 3.05) is 0 Å². The highest BCUT2D eigenvalue weighted by Gasteiger charge is 2.05. The maximum absolute atomic E-state index is 13.3. The summed E-state index contributed by atoms with van der Waals surface area (Å²) < 4.78 is 16.4. The van der Waals surface area contributed by atoms with Crippen molar-refractivity contribution in [2.45, 2.75) is 0 Å². The molecule has 0 unspecified atom stereocenters. The minimum absolute atomic E-state index is 0.208. The van der Waals surface area contributed by atoms with Gasteiger partial charge in [0.25, 0.3) is 0 Å². The van der Waals surface area contributed by atoms with Crippen LogP contribution in [-0.4, -0.2) is 4.57 Å². The Hall–Kier alpha value is -2.39. The number of hydrogen-bond donors (Lipinski definition) is 0. The molecule has 0 aliphatic heterocycles. The SMILES string of the molecule is Fc1ccc2c(ccn2-c2ccc(-c3ccc(Br)cc3)cc2)c1. The maximum Gasteiger partial charge on any atom is 0.123 e. The van der Waals surface area contributed by atoms with E-state index >= 15 is 0 Å². The van der Waals surface area contributed by atoms with Crippen LogP contribution in [0.1, 0.15) is 0 Å². The molecule has 0 fully saturated rings. The molecule has 0 saturated heterocycles. The summed E-state index contributed by atoms with van der Waals surface area (Å²) in [5.41, 5.74) is 4.42. The second-order valence-corrected chi connectivity index (χ2v) is 6.36. The minimum atomic E-state index is -0.208. The Balaban J connectivity index is 1.73. The van der Waals surface area contributed by atoms with Gasteiger partial charge in [0.15, 0.2) is 0 Å². The normalized spacial score (nSPS) is 11.0. The highest BCUT2D eigenvalue weighted by molar-refractivity contribution is 9.10. The summed E-state index contributed by atoms with van der Waals surface area (Å²) in [6.45, 7) is 0. The predicted molar refractivity (Wildman–Crippen MR) is 96.4 cm³/mol. The van der Waals surface area contributed by atoms with Crippen LogP contribution < -0.4 is 0 Å². The van der Waals surface area contributed by atoms with Gasteiger partial charge in [0.05, 0.1) is 5.52 Å².